The van der Waals surface area contributed by atoms with Gasteiger partial charge in [-0.2, -0.15) is 0 Å². The van der Waals surface area contributed by atoms with E-state index in [-0.39, 0.29) is 5.91 Å². The van der Waals surface area contributed by atoms with E-state index in [2.05, 4.69) is 10.3 Å². The highest BCUT2D eigenvalue weighted by Crippen LogP contribution is 2.19. The maximum absolute atomic E-state index is 12.0. The number of aromatic nitrogens is 1. The predicted molar refractivity (Wildman–Crippen MR) is 79.1 cm³/mol. The molecule has 1 atom stereocenters. The standard InChI is InChI=1S/C15H15ClN2O2/c1-10-5-4-8-17-14(10)18-15(19)11(2)20-13-7-3-6-12(16)9-13/h3-9,11H,1-2H3,(H,17,18,19)/t11-/m0/s1. The predicted octanol–water partition coefficient (Wildman–Crippen LogP) is 3.45. The average molecular weight is 291 g/mol. The van der Waals surface area contributed by atoms with Crippen molar-refractivity contribution < 1.29 is 9.53 Å². The van der Waals surface area contributed by atoms with Crippen LogP contribution in [0.4, 0.5) is 5.82 Å². The van der Waals surface area contributed by atoms with Crippen molar-refractivity contribution in [2.45, 2.75) is 20.0 Å². The monoisotopic (exact) mass is 290 g/mol. The third-order valence-corrected chi connectivity index (χ3v) is 2.96. The second kappa shape index (κ2) is 6.39. The molecule has 0 aliphatic heterocycles. The first-order valence-electron chi connectivity index (χ1n) is 6.21. The summed E-state index contributed by atoms with van der Waals surface area (Å²) >= 11 is 5.87. The van der Waals surface area contributed by atoms with Gasteiger partial charge in [0.15, 0.2) is 6.10 Å². The molecule has 1 heterocycles. The van der Waals surface area contributed by atoms with Gasteiger partial charge in [-0.15, -0.1) is 0 Å². The summed E-state index contributed by atoms with van der Waals surface area (Å²) in [6, 6.07) is 10.6. The molecule has 0 radical (unpaired) electrons. The topological polar surface area (TPSA) is 51.2 Å². The molecule has 0 spiro atoms. The number of ether oxygens (including phenoxy) is 1. The van der Waals surface area contributed by atoms with E-state index in [1.807, 2.05) is 19.1 Å². The van der Waals surface area contributed by atoms with Gasteiger partial charge in [0.1, 0.15) is 11.6 Å². The van der Waals surface area contributed by atoms with Crippen LogP contribution < -0.4 is 10.1 Å². The van der Waals surface area contributed by atoms with E-state index in [1.54, 1.807) is 37.4 Å². The molecule has 4 nitrogen and oxygen atoms in total. The number of carbonyl (C=O) groups is 1. The highest BCUT2D eigenvalue weighted by atomic mass is 35.5. The Morgan fingerprint density at radius 2 is 2.15 bits per heavy atom. The number of rotatable bonds is 4. The quantitative estimate of drug-likeness (QED) is 0.938. The highest BCUT2D eigenvalue weighted by molar-refractivity contribution is 6.30. The summed E-state index contributed by atoms with van der Waals surface area (Å²) in [4.78, 5) is 16.2. The number of hydrogen-bond acceptors (Lipinski definition) is 3. The minimum Gasteiger partial charge on any atom is -0.481 e. The molecule has 1 N–H and O–H groups in total. The van der Waals surface area contributed by atoms with Gasteiger partial charge in [-0.25, -0.2) is 4.98 Å². The molecule has 5 heteroatoms. The minimum atomic E-state index is -0.644. The summed E-state index contributed by atoms with van der Waals surface area (Å²) in [5.74, 6) is 0.837. The Morgan fingerprint density at radius 3 is 2.85 bits per heavy atom. The van der Waals surface area contributed by atoms with Gasteiger partial charge in [-0.1, -0.05) is 23.7 Å². The Kier molecular flexibility index (Phi) is 4.58. The molecule has 0 bridgehead atoms. The lowest BCUT2D eigenvalue weighted by Gasteiger charge is -2.15. The van der Waals surface area contributed by atoms with E-state index in [4.69, 9.17) is 16.3 Å². The van der Waals surface area contributed by atoms with Crippen molar-refractivity contribution in [3.05, 3.63) is 53.2 Å². The first-order valence-corrected chi connectivity index (χ1v) is 6.59. The van der Waals surface area contributed by atoms with Gasteiger partial charge >= 0.3 is 0 Å². The number of amides is 1. The fourth-order valence-electron chi connectivity index (χ4n) is 1.63. The first-order chi connectivity index (χ1) is 9.56. The van der Waals surface area contributed by atoms with Gasteiger partial charge < -0.3 is 10.1 Å². The fourth-order valence-corrected chi connectivity index (χ4v) is 1.81. The SMILES string of the molecule is Cc1cccnc1NC(=O)[C@H](C)Oc1cccc(Cl)c1. The minimum absolute atomic E-state index is 0.258. The zero-order chi connectivity index (χ0) is 14.5. The number of hydrogen-bond donors (Lipinski definition) is 1. The number of pyridine rings is 1. The summed E-state index contributed by atoms with van der Waals surface area (Å²) in [6.07, 6.45) is 0.986. The molecule has 1 aromatic carbocycles. The van der Waals surface area contributed by atoms with Crippen LogP contribution in [0.25, 0.3) is 0 Å². The van der Waals surface area contributed by atoms with Crippen LogP contribution in [0, 0.1) is 6.92 Å². The largest absolute Gasteiger partial charge is 0.481 e. The Hall–Kier alpha value is -2.07. The third-order valence-electron chi connectivity index (χ3n) is 2.73. The molecule has 1 amide bonds. The number of carbonyl (C=O) groups excluding carboxylic acids is 1. The van der Waals surface area contributed by atoms with Crippen LogP contribution in [-0.4, -0.2) is 17.0 Å². The second-order valence-corrected chi connectivity index (χ2v) is 4.81. The van der Waals surface area contributed by atoms with Gasteiger partial charge in [0, 0.05) is 11.2 Å². The van der Waals surface area contributed by atoms with Crippen LogP contribution in [0.1, 0.15) is 12.5 Å². The van der Waals surface area contributed by atoms with Crippen molar-refractivity contribution in [3.8, 4) is 5.75 Å². The lowest BCUT2D eigenvalue weighted by atomic mass is 10.2. The van der Waals surface area contributed by atoms with Gasteiger partial charge in [0.25, 0.3) is 5.91 Å². The van der Waals surface area contributed by atoms with E-state index in [9.17, 15) is 4.79 Å². The molecule has 104 valence electrons. The fraction of sp³-hybridized carbons (Fsp3) is 0.200. The van der Waals surface area contributed by atoms with Gasteiger partial charge in [-0.05, 0) is 43.7 Å². The molecule has 20 heavy (non-hydrogen) atoms. The van der Waals surface area contributed by atoms with Crippen LogP contribution in [0.5, 0.6) is 5.75 Å². The lowest BCUT2D eigenvalue weighted by molar-refractivity contribution is -0.122. The molecule has 0 aliphatic rings. The molecule has 0 unspecified atom stereocenters. The molecular weight excluding hydrogens is 276 g/mol. The molecular formula is C15H15ClN2O2. The first kappa shape index (κ1) is 14.3. The van der Waals surface area contributed by atoms with Gasteiger partial charge in [0.2, 0.25) is 0 Å². The molecule has 2 rings (SSSR count). The van der Waals surface area contributed by atoms with E-state index in [0.29, 0.717) is 16.6 Å². The van der Waals surface area contributed by atoms with Gasteiger partial charge in [0.05, 0.1) is 0 Å². The average Bonchev–Trinajstić information content (AvgIpc) is 2.41. The highest BCUT2D eigenvalue weighted by Gasteiger charge is 2.16. The Labute approximate surface area is 122 Å². The van der Waals surface area contributed by atoms with E-state index >= 15 is 0 Å². The Morgan fingerprint density at radius 1 is 1.35 bits per heavy atom. The number of aryl methyl sites for hydroxylation is 1. The smallest absolute Gasteiger partial charge is 0.266 e. The maximum atomic E-state index is 12.0. The van der Waals surface area contributed by atoms with Crippen LogP contribution in [-0.2, 0) is 4.79 Å². The van der Waals surface area contributed by atoms with E-state index in [0.717, 1.165) is 5.56 Å². The van der Waals surface area contributed by atoms with Crippen molar-refractivity contribution in [1.29, 1.82) is 0 Å². The zero-order valence-corrected chi connectivity index (χ0v) is 12.0. The van der Waals surface area contributed by atoms with Crippen molar-refractivity contribution in [2.24, 2.45) is 0 Å². The summed E-state index contributed by atoms with van der Waals surface area (Å²) < 4.78 is 5.54. The summed E-state index contributed by atoms with van der Waals surface area (Å²) in [7, 11) is 0. The molecule has 0 fully saturated rings. The summed E-state index contributed by atoms with van der Waals surface area (Å²) in [5.41, 5.74) is 0.899. The molecule has 0 aliphatic carbocycles. The lowest BCUT2D eigenvalue weighted by Crippen LogP contribution is -2.30. The van der Waals surface area contributed by atoms with Crippen LogP contribution in [0.15, 0.2) is 42.6 Å². The van der Waals surface area contributed by atoms with Crippen molar-refractivity contribution >= 4 is 23.3 Å². The van der Waals surface area contributed by atoms with E-state index in [1.165, 1.54) is 0 Å². The normalized spacial score (nSPS) is 11.8. The third kappa shape index (κ3) is 3.71. The van der Waals surface area contributed by atoms with Crippen LogP contribution >= 0.6 is 11.6 Å². The second-order valence-electron chi connectivity index (χ2n) is 4.38. The van der Waals surface area contributed by atoms with Gasteiger partial charge in [-0.3, -0.25) is 4.79 Å². The molecule has 0 saturated heterocycles. The number of nitrogens with one attached hydrogen (secondary N) is 1. The molecule has 2 aromatic rings. The van der Waals surface area contributed by atoms with Crippen molar-refractivity contribution in [2.75, 3.05) is 5.32 Å². The number of benzene rings is 1. The summed E-state index contributed by atoms with van der Waals surface area (Å²) in [6.45, 7) is 3.56. The Balaban J connectivity index is 2.01. The number of halogens is 1. The number of nitrogens with zero attached hydrogens (tertiary/aromatic N) is 1. The van der Waals surface area contributed by atoms with E-state index < -0.39 is 6.10 Å². The molecule has 1 aromatic heterocycles. The van der Waals surface area contributed by atoms with Crippen molar-refractivity contribution in [1.82, 2.24) is 4.98 Å². The maximum Gasteiger partial charge on any atom is 0.266 e. The Bertz CT molecular complexity index is 616. The summed E-state index contributed by atoms with van der Waals surface area (Å²) in [5, 5.41) is 3.30. The van der Waals surface area contributed by atoms with Crippen molar-refractivity contribution in [3.63, 3.8) is 0 Å². The number of anilines is 1. The van der Waals surface area contributed by atoms with Crippen LogP contribution in [0.2, 0.25) is 5.02 Å². The van der Waals surface area contributed by atoms with Crippen LogP contribution in [0.3, 0.4) is 0 Å². The molecule has 0 saturated carbocycles. The zero-order valence-electron chi connectivity index (χ0n) is 11.3.